The van der Waals surface area contributed by atoms with Crippen molar-refractivity contribution in [1.29, 1.82) is 0 Å². The number of anilines is 1. The summed E-state index contributed by atoms with van der Waals surface area (Å²) in [6.45, 7) is 8.76. The summed E-state index contributed by atoms with van der Waals surface area (Å²) in [5.74, 6) is -2.09. The van der Waals surface area contributed by atoms with E-state index in [4.69, 9.17) is 28.5 Å². The van der Waals surface area contributed by atoms with Gasteiger partial charge in [0.15, 0.2) is 0 Å². The van der Waals surface area contributed by atoms with E-state index in [1.807, 2.05) is 19.1 Å². The van der Waals surface area contributed by atoms with Crippen LogP contribution < -0.4 is 16.4 Å². The fraction of sp³-hybridized carbons (Fsp3) is 0.379. The highest BCUT2D eigenvalue weighted by atomic mass is 35.5. The van der Waals surface area contributed by atoms with Gasteiger partial charge in [-0.2, -0.15) is 0 Å². The molecule has 2 aromatic rings. The van der Waals surface area contributed by atoms with E-state index in [1.165, 1.54) is 0 Å². The third kappa shape index (κ3) is 9.04. The molecule has 10 heteroatoms. The van der Waals surface area contributed by atoms with Crippen LogP contribution in [0.2, 0.25) is 5.02 Å². The van der Waals surface area contributed by atoms with Crippen molar-refractivity contribution in [2.24, 2.45) is 5.73 Å². The van der Waals surface area contributed by atoms with Crippen molar-refractivity contribution in [3.05, 3.63) is 64.2 Å². The third-order valence-corrected chi connectivity index (χ3v) is 6.04. The van der Waals surface area contributed by atoms with Gasteiger partial charge in [-0.25, -0.2) is 4.79 Å². The van der Waals surface area contributed by atoms with Gasteiger partial charge in [-0.15, -0.1) is 0 Å². The molecule has 0 spiro atoms. The molecule has 0 aromatic heterocycles. The number of carbonyl (C=O) groups is 4. The van der Waals surface area contributed by atoms with Gasteiger partial charge in [-0.3, -0.25) is 19.3 Å². The SMILES string of the molecule is C#CN(C(=O)C(CCC(N)=O)NC(=O)OC(C)(C)C)C(C(=O)Nc1c(C)cccc1Cl)c1ccc(CC)cc1. The standard InChI is InChI=1S/C29H35ClN4O5/c1-7-19-12-14-20(15-13-19)25(26(36)33-24-18(3)10-9-11-21(24)30)34(8-2)27(37)22(16-17-23(31)35)32-28(38)39-29(4,5)6/h2,9-15,22,25H,7,16-17H2,1,3-6H3,(H2,31,35)(H,32,38)(H,33,36). The van der Waals surface area contributed by atoms with Gasteiger partial charge >= 0.3 is 6.09 Å². The Hall–Kier alpha value is -4.03. The summed E-state index contributed by atoms with van der Waals surface area (Å²) < 4.78 is 5.28. The molecule has 0 bridgehead atoms. The average Bonchev–Trinajstić information content (AvgIpc) is 2.85. The lowest BCUT2D eigenvalue weighted by molar-refractivity contribution is -0.137. The minimum absolute atomic E-state index is 0.154. The van der Waals surface area contributed by atoms with Crippen molar-refractivity contribution >= 4 is 41.1 Å². The van der Waals surface area contributed by atoms with Crippen LogP contribution in [0, 0.1) is 19.4 Å². The first-order valence-electron chi connectivity index (χ1n) is 12.5. The summed E-state index contributed by atoms with van der Waals surface area (Å²) in [7, 11) is 0. The number of carbonyl (C=O) groups excluding carboxylic acids is 4. The van der Waals surface area contributed by atoms with Crippen LogP contribution in [0.15, 0.2) is 42.5 Å². The summed E-state index contributed by atoms with van der Waals surface area (Å²) in [5, 5.41) is 5.57. The smallest absolute Gasteiger partial charge is 0.408 e. The Balaban J connectivity index is 2.52. The lowest BCUT2D eigenvalue weighted by Gasteiger charge is -2.30. The predicted molar refractivity (Wildman–Crippen MR) is 151 cm³/mol. The number of nitrogens with two attached hydrogens (primary N) is 1. The molecule has 0 fully saturated rings. The van der Waals surface area contributed by atoms with Crippen LogP contribution >= 0.6 is 11.6 Å². The number of rotatable bonds is 10. The highest BCUT2D eigenvalue weighted by Crippen LogP contribution is 2.29. The number of para-hydroxylation sites is 1. The van der Waals surface area contributed by atoms with Crippen molar-refractivity contribution < 1.29 is 23.9 Å². The normalized spacial score (nSPS) is 12.4. The van der Waals surface area contributed by atoms with Crippen molar-refractivity contribution in [3.63, 3.8) is 0 Å². The van der Waals surface area contributed by atoms with Crippen LogP contribution in [0.5, 0.6) is 0 Å². The second-order valence-electron chi connectivity index (χ2n) is 9.96. The fourth-order valence-electron chi connectivity index (χ4n) is 3.76. The van der Waals surface area contributed by atoms with E-state index < -0.39 is 41.5 Å². The van der Waals surface area contributed by atoms with Crippen LogP contribution in [0.25, 0.3) is 0 Å². The van der Waals surface area contributed by atoms with E-state index in [-0.39, 0.29) is 12.8 Å². The topological polar surface area (TPSA) is 131 Å². The minimum atomic E-state index is -1.30. The molecule has 0 heterocycles. The summed E-state index contributed by atoms with van der Waals surface area (Å²) in [6.07, 6.45) is 5.31. The number of nitrogens with one attached hydrogen (secondary N) is 2. The van der Waals surface area contributed by atoms with Crippen molar-refractivity contribution in [3.8, 4) is 12.5 Å². The van der Waals surface area contributed by atoms with E-state index in [0.29, 0.717) is 21.8 Å². The van der Waals surface area contributed by atoms with Crippen molar-refractivity contribution in [1.82, 2.24) is 10.2 Å². The minimum Gasteiger partial charge on any atom is -0.444 e. The van der Waals surface area contributed by atoms with E-state index in [1.54, 1.807) is 58.0 Å². The second-order valence-corrected chi connectivity index (χ2v) is 10.4. The molecule has 9 nitrogen and oxygen atoms in total. The van der Waals surface area contributed by atoms with Crippen LogP contribution in [0.3, 0.4) is 0 Å². The first-order chi connectivity index (χ1) is 18.3. The Morgan fingerprint density at radius 1 is 1.13 bits per heavy atom. The number of terminal acetylenes is 1. The summed E-state index contributed by atoms with van der Waals surface area (Å²) in [6, 6.07) is 11.9. The molecule has 0 aliphatic carbocycles. The molecule has 0 radical (unpaired) electrons. The second kappa shape index (κ2) is 13.7. The molecule has 2 aromatic carbocycles. The van der Waals surface area contributed by atoms with E-state index in [2.05, 4.69) is 16.7 Å². The first-order valence-corrected chi connectivity index (χ1v) is 12.9. The first kappa shape index (κ1) is 31.2. The zero-order chi connectivity index (χ0) is 29.3. The summed E-state index contributed by atoms with van der Waals surface area (Å²) >= 11 is 6.33. The number of hydrogen-bond acceptors (Lipinski definition) is 5. The number of amides is 4. The number of halogens is 1. The zero-order valence-corrected chi connectivity index (χ0v) is 23.6. The van der Waals surface area contributed by atoms with E-state index >= 15 is 0 Å². The summed E-state index contributed by atoms with van der Waals surface area (Å²) in [5.41, 5.74) is 6.99. The van der Waals surface area contributed by atoms with Crippen LogP contribution in [0.1, 0.15) is 63.3 Å². The highest BCUT2D eigenvalue weighted by molar-refractivity contribution is 6.34. The molecule has 208 valence electrons. The predicted octanol–water partition coefficient (Wildman–Crippen LogP) is 4.47. The molecule has 2 atom stereocenters. The Labute approximate surface area is 234 Å². The molecule has 4 amide bonds. The zero-order valence-electron chi connectivity index (χ0n) is 22.8. The number of ether oxygens (including phenoxy) is 1. The average molecular weight is 555 g/mol. The summed E-state index contributed by atoms with van der Waals surface area (Å²) in [4.78, 5) is 52.4. The Morgan fingerprint density at radius 2 is 1.77 bits per heavy atom. The maximum atomic E-state index is 13.8. The molecular formula is C29H35ClN4O5. The number of benzene rings is 2. The van der Waals surface area contributed by atoms with Crippen LogP contribution in [-0.4, -0.2) is 40.4 Å². The molecule has 2 rings (SSSR count). The molecule has 39 heavy (non-hydrogen) atoms. The molecule has 0 aliphatic heterocycles. The number of aryl methyl sites for hydroxylation is 2. The van der Waals surface area contributed by atoms with E-state index in [9.17, 15) is 19.2 Å². The molecule has 0 aliphatic rings. The maximum Gasteiger partial charge on any atom is 0.408 e. The van der Waals surface area contributed by atoms with Gasteiger partial charge in [0, 0.05) is 12.5 Å². The van der Waals surface area contributed by atoms with Crippen molar-refractivity contribution in [2.75, 3.05) is 5.32 Å². The van der Waals surface area contributed by atoms with Gasteiger partial charge < -0.3 is 21.1 Å². The Bertz CT molecular complexity index is 1230. The van der Waals surface area contributed by atoms with Crippen LogP contribution in [0.4, 0.5) is 10.5 Å². The van der Waals surface area contributed by atoms with Gasteiger partial charge in [0.1, 0.15) is 17.7 Å². The lowest BCUT2D eigenvalue weighted by atomic mass is 10.00. The highest BCUT2D eigenvalue weighted by Gasteiger charge is 2.36. The molecule has 0 saturated carbocycles. The van der Waals surface area contributed by atoms with Gasteiger partial charge in [-0.1, -0.05) is 61.3 Å². The van der Waals surface area contributed by atoms with Gasteiger partial charge in [-0.05, 0) is 63.3 Å². The number of hydrogen-bond donors (Lipinski definition) is 3. The van der Waals surface area contributed by atoms with Gasteiger partial charge in [0.05, 0.1) is 10.7 Å². The quantitative estimate of drug-likeness (QED) is 0.294. The maximum absolute atomic E-state index is 13.8. The number of alkyl carbamates (subject to hydrolysis) is 1. The largest absolute Gasteiger partial charge is 0.444 e. The monoisotopic (exact) mass is 554 g/mol. The Morgan fingerprint density at radius 3 is 2.28 bits per heavy atom. The third-order valence-electron chi connectivity index (χ3n) is 5.73. The molecule has 2 unspecified atom stereocenters. The van der Waals surface area contributed by atoms with Crippen LogP contribution in [-0.2, 0) is 25.5 Å². The number of nitrogens with zero attached hydrogens (tertiary/aromatic N) is 1. The lowest BCUT2D eigenvalue weighted by Crippen LogP contribution is -2.51. The Kier molecular flexibility index (Phi) is 10.9. The molecule has 0 saturated heterocycles. The fourth-order valence-corrected chi connectivity index (χ4v) is 4.03. The van der Waals surface area contributed by atoms with E-state index in [0.717, 1.165) is 16.9 Å². The number of primary amides is 1. The molecular weight excluding hydrogens is 520 g/mol. The van der Waals surface area contributed by atoms with Gasteiger partial charge in [0.25, 0.3) is 11.8 Å². The van der Waals surface area contributed by atoms with Crippen molar-refractivity contribution in [2.45, 2.75) is 71.6 Å². The van der Waals surface area contributed by atoms with Gasteiger partial charge in [0.2, 0.25) is 5.91 Å². The molecule has 4 N–H and O–H groups in total.